The van der Waals surface area contributed by atoms with Crippen molar-refractivity contribution in [3.8, 4) is 0 Å². The molecule has 3 heteroatoms. The van der Waals surface area contributed by atoms with E-state index in [4.69, 9.17) is 0 Å². The Balaban J connectivity index is 2.02. The lowest BCUT2D eigenvalue weighted by molar-refractivity contribution is -0.142. The second kappa shape index (κ2) is 4.97. The molecule has 1 heterocycles. The maximum atomic E-state index is 12.6. The summed E-state index contributed by atoms with van der Waals surface area (Å²) in [5, 5.41) is 3.40. The average molecular weight is 238 g/mol. The zero-order valence-corrected chi connectivity index (χ0v) is 11.5. The molecule has 17 heavy (non-hydrogen) atoms. The highest BCUT2D eigenvalue weighted by molar-refractivity contribution is 5.80. The van der Waals surface area contributed by atoms with Crippen molar-refractivity contribution in [3.05, 3.63) is 0 Å². The molecule has 2 fully saturated rings. The van der Waals surface area contributed by atoms with Gasteiger partial charge in [-0.1, -0.05) is 26.7 Å². The summed E-state index contributed by atoms with van der Waals surface area (Å²) in [6.45, 7) is 9.40. The lowest BCUT2D eigenvalue weighted by Gasteiger charge is -2.42. The number of hydrogen-bond acceptors (Lipinski definition) is 2. The molecule has 1 saturated heterocycles. The number of piperazine rings is 1. The normalized spacial score (nSPS) is 33.5. The fourth-order valence-electron chi connectivity index (χ4n) is 3.30. The molecule has 1 aliphatic heterocycles. The van der Waals surface area contributed by atoms with E-state index in [2.05, 4.69) is 31.0 Å². The molecule has 3 nitrogen and oxygen atoms in total. The van der Waals surface area contributed by atoms with Crippen LogP contribution in [0, 0.1) is 11.3 Å². The van der Waals surface area contributed by atoms with Crippen molar-refractivity contribution in [1.29, 1.82) is 0 Å². The molecule has 2 aliphatic rings. The highest BCUT2D eigenvalue weighted by Gasteiger charge is 2.39. The molecule has 0 aromatic carbocycles. The molecule has 2 unspecified atom stereocenters. The van der Waals surface area contributed by atoms with Gasteiger partial charge in [-0.2, -0.15) is 0 Å². The predicted molar refractivity (Wildman–Crippen MR) is 69.8 cm³/mol. The molecule has 0 aromatic rings. The van der Waals surface area contributed by atoms with Crippen molar-refractivity contribution in [3.63, 3.8) is 0 Å². The summed E-state index contributed by atoms with van der Waals surface area (Å²) in [6.07, 6.45) is 4.80. The number of amides is 1. The molecule has 1 amide bonds. The summed E-state index contributed by atoms with van der Waals surface area (Å²) in [7, 11) is 0. The molecule has 1 saturated carbocycles. The zero-order chi connectivity index (χ0) is 12.5. The van der Waals surface area contributed by atoms with Crippen LogP contribution in [0.25, 0.3) is 0 Å². The number of hydrogen-bond donors (Lipinski definition) is 1. The minimum absolute atomic E-state index is 0.198. The third kappa shape index (κ3) is 2.82. The van der Waals surface area contributed by atoms with Gasteiger partial charge in [0.1, 0.15) is 0 Å². The van der Waals surface area contributed by atoms with Crippen LogP contribution in [0.4, 0.5) is 0 Å². The molecule has 2 rings (SSSR count). The number of nitrogens with zero attached hydrogens (tertiary/aromatic N) is 1. The molecule has 2 atom stereocenters. The van der Waals surface area contributed by atoms with E-state index in [1.807, 2.05) is 0 Å². The van der Waals surface area contributed by atoms with Gasteiger partial charge in [-0.15, -0.1) is 0 Å². The van der Waals surface area contributed by atoms with Gasteiger partial charge >= 0.3 is 0 Å². The Morgan fingerprint density at radius 3 is 2.76 bits per heavy atom. The zero-order valence-electron chi connectivity index (χ0n) is 11.5. The van der Waals surface area contributed by atoms with E-state index in [-0.39, 0.29) is 11.3 Å². The summed E-state index contributed by atoms with van der Waals surface area (Å²) in [4.78, 5) is 14.7. The summed E-state index contributed by atoms with van der Waals surface area (Å²) in [5.74, 6) is 0.657. The lowest BCUT2D eigenvalue weighted by atomic mass is 9.68. The van der Waals surface area contributed by atoms with Crippen LogP contribution in [0.2, 0.25) is 0 Å². The lowest BCUT2D eigenvalue weighted by Crippen LogP contribution is -2.54. The van der Waals surface area contributed by atoms with E-state index >= 15 is 0 Å². The van der Waals surface area contributed by atoms with E-state index in [9.17, 15) is 4.79 Å². The van der Waals surface area contributed by atoms with E-state index in [1.54, 1.807) is 0 Å². The van der Waals surface area contributed by atoms with Gasteiger partial charge in [-0.25, -0.2) is 0 Å². The van der Waals surface area contributed by atoms with Crippen LogP contribution in [0.3, 0.4) is 0 Å². The Kier molecular flexibility index (Phi) is 3.76. The van der Waals surface area contributed by atoms with Crippen LogP contribution < -0.4 is 5.32 Å². The van der Waals surface area contributed by atoms with Crippen LogP contribution >= 0.6 is 0 Å². The maximum absolute atomic E-state index is 12.6. The third-order valence-electron chi connectivity index (χ3n) is 4.49. The molecule has 98 valence electrons. The summed E-state index contributed by atoms with van der Waals surface area (Å²) in [5.41, 5.74) is 0.198. The van der Waals surface area contributed by atoms with Crippen LogP contribution in [0.15, 0.2) is 0 Å². The Bertz CT molecular complexity index is 288. The quantitative estimate of drug-likeness (QED) is 0.758. The molecule has 0 aromatic heterocycles. The van der Waals surface area contributed by atoms with Crippen molar-refractivity contribution in [2.75, 3.05) is 19.6 Å². The van der Waals surface area contributed by atoms with Gasteiger partial charge in [0.25, 0.3) is 0 Å². The van der Waals surface area contributed by atoms with E-state index < -0.39 is 0 Å². The first-order valence-electron chi connectivity index (χ1n) is 7.03. The van der Waals surface area contributed by atoms with E-state index in [0.717, 1.165) is 26.1 Å². The molecular formula is C14H26N2O. The van der Waals surface area contributed by atoms with Crippen molar-refractivity contribution in [1.82, 2.24) is 10.2 Å². The second-order valence-electron chi connectivity index (χ2n) is 6.43. The monoisotopic (exact) mass is 238 g/mol. The fraction of sp³-hybridized carbons (Fsp3) is 0.929. The molecule has 0 radical (unpaired) electrons. The van der Waals surface area contributed by atoms with Crippen molar-refractivity contribution >= 4 is 5.91 Å². The van der Waals surface area contributed by atoms with Crippen molar-refractivity contribution in [2.24, 2.45) is 11.3 Å². The predicted octanol–water partition coefficient (Wildman–Crippen LogP) is 2.02. The first-order chi connectivity index (χ1) is 8.00. The van der Waals surface area contributed by atoms with Gasteiger partial charge in [0.15, 0.2) is 0 Å². The van der Waals surface area contributed by atoms with Crippen molar-refractivity contribution in [2.45, 2.75) is 52.5 Å². The van der Waals surface area contributed by atoms with Crippen LogP contribution in [-0.4, -0.2) is 36.5 Å². The molecule has 1 N–H and O–H groups in total. The summed E-state index contributed by atoms with van der Waals surface area (Å²) in [6, 6.07) is 0.444. The molecular weight excluding hydrogens is 212 g/mol. The molecule has 0 spiro atoms. The number of nitrogens with one attached hydrogen (secondary N) is 1. The highest BCUT2D eigenvalue weighted by Crippen LogP contribution is 2.41. The van der Waals surface area contributed by atoms with Gasteiger partial charge in [-0.3, -0.25) is 4.79 Å². The van der Waals surface area contributed by atoms with Crippen LogP contribution in [0.5, 0.6) is 0 Å². The first kappa shape index (κ1) is 12.9. The number of carbonyl (C=O) groups is 1. The average Bonchev–Trinajstić information content (AvgIpc) is 2.27. The van der Waals surface area contributed by atoms with E-state index in [0.29, 0.717) is 11.9 Å². The first-order valence-corrected chi connectivity index (χ1v) is 7.03. The van der Waals surface area contributed by atoms with Crippen LogP contribution in [0.1, 0.15) is 46.5 Å². The van der Waals surface area contributed by atoms with Gasteiger partial charge < -0.3 is 10.2 Å². The number of carbonyl (C=O) groups excluding carboxylic acids is 1. The minimum atomic E-state index is 0.198. The fourth-order valence-corrected chi connectivity index (χ4v) is 3.30. The van der Waals surface area contributed by atoms with Gasteiger partial charge in [0.2, 0.25) is 5.91 Å². The topological polar surface area (TPSA) is 32.3 Å². The third-order valence-corrected chi connectivity index (χ3v) is 4.49. The molecule has 1 aliphatic carbocycles. The standard InChI is InChI=1S/C14H26N2O/c1-11-10-16(9-8-15-11)13(17)12-6-4-5-7-14(12,2)3/h11-12,15H,4-10H2,1-3H3. The largest absolute Gasteiger partial charge is 0.340 e. The van der Waals surface area contributed by atoms with E-state index in [1.165, 1.54) is 19.3 Å². The van der Waals surface area contributed by atoms with Gasteiger partial charge in [-0.05, 0) is 25.2 Å². The Morgan fingerprint density at radius 1 is 1.35 bits per heavy atom. The minimum Gasteiger partial charge on any atom is -0.340 e. The SMILES string of the molecule is CC1CN(C(=O)C2CCCCC2(C)C)CCN1. The van der Waals surface area contributed by atoms with Gasteiger partial charge in [0, 0.05) is 31.6 Å². The summed E-state index contributed by atoms with van der Waals surface area (Å²) < 4.78 is 0. The Labute approximate surface area is 105 Å². The maximum Gasteiger partial charge on any atom is 0.226 e. The summed E-state index contributed by atoms with van der Waals surface area (Å²) >= 11 is 0. The number of rotatable bonds is 1. The van der Waals surface area contributed by atoms with Gasteiger partial charge in [0.05, 0.1) is 0 Å². The highest BCUT2D eigenvalue weighted by atomic mass is 16.2. The molecule has 0 bridgehead atoms. The smallest absolute Gasteiger partial charge is 0.226 e. The van der Waals surface area contributed by atoms with Crippen molar-refractivity contribution < 1.29 is 4.79 Å². The van der Waals surface area contributed by atoms with Crippen LogP contribution in [-0.2, 0) is 4.79 Å². The Hall–Kier alpha value is -0.570. The second-order valence-corrected chi connectivity index (χ2v) is 6.43. The Morgan fingerprint density at radius 2 is 2.12 bits per heavy atom.